The van der Waals surface area contributed by atoms with Crippen molar-refractivity contribution in [1.29, 1.82) is 0 Å². The van der Waals surface area contributed by atoms with Crippen LogP contribution in [-0.2, 0) is 16.0 Å². The number of anilines is 1. The molecule has 0 spiro atoms. The number of hydrogen-bond donors (Lipinski definition) is 2. The van der Waals surface area contributed by atoms with Crippen molar-refractivity contribution < 1.29 is 19.0 Å². The van der Waals surface area contributed by atoms with Crippen molar-refractivity contribution in [2.75, 3.05) is 25.7 Å². The van der Waals surface area contributed by atoms with E-state index in [9.17, 15) is 9.59 Å². The molecule has 0 aliphatic carbocycles. The first kappa shape index (κ1) is 22.9. The van der Waals surface area contributed by atoms with Crippen LogP contribution in [0.2, 0.25) is 0 Å². The minimum atomic E-state index is -0.482. The molecule has 0 bridgehead atoms. The van der Waals surface area contributed by atoms with E-state index in [-0.39, 0.29) is 24.7 Å². The van der Waals surface area contributed by atoms with Crippen molar-refractivity contribution >= 4 is 18.1 Å². The molecular weight excluding hydrogens is 388 g/mol. The number of carbonyl (C=O) groups is 1. The smallest absolute Gasteiger partial charge is 0.344 e. The number of aromatic amines is 1. The Labute approximate surface area is 175 Å². The second-order valence-electron chi connectivity index (χ2n) is 6.42. The number of aromatic nitrogens is 2. The van der Waals surface area contributed by atoms with Gasteiger partial charge in [-0.3, -0.25) is 9.78 Å². The monoisotopic (exact) mass is 416 g/mol. The number of methoxy groups -OCH3 is 1. The van der Waals surface area contributed by atoms with Gasteiger partial charge in [-0.25, -0.2) is 15.2 Å². The Morgan fingerprint density at radius 1 is 1.33 bits per heavy atom. The second kappa shape index (κ2) is 11.6. The number of nitrogens with zero attached hydrogens (tertiary/aromatic N) is 2. The number of para-hydroxylation sites is 1. The van der Waals surface area contributed by atoms with Gasteiger partial charge in [0.25, 0.3) is 5.56 Å². The Bertz CT molecular complexity index is 939. The van der Waals surface area contributed by atoms with Crippen molar-refractivity contribution in [2.24, 2.45) is 5.10 Å². The maximum absolute atomic E-state index is 12.3. The summed E-state index contributed by atoms with van der Waals surface area (Å²) in [5.41, 5.74) is 4.48. The summed E-state index contributed by atoms with van der Waals surface area (Å²) in [6.07, 6.45) is 4.12. The second-order valence-corrected chi connectivity index (χ2v) is 6.42. The molecule has 2 N–H and O–H groups in total. The summed E-state index contributed by atoms with van der Waals surface area (Å²) in [5.74, 6) is 0.563. The third-order valence-electron chi connectivity index (χ3n) is 4.25. The zero-order valence-electron chi connectivity index (χ0n) is 17.8. The highest BCUT2D eigenvalue weighted by Gasteiger charge is 2.12. The van der Waals surface area contributed by atoms with Crippen LogP contribution in [0.15, 0.2) is 28.1 Å². The number of benzene rings is 1. The number of rotatable bonds is 11. The Kier molecular flexibility index (Phi) is 8.86. The molecule has 1 aromatic carbocycles. The van der Waals surface area contributed by atoms with Crippen molar-refractivity contribution in [3.05, 3.63) is 45.4 Å². The van der Waals surface area contributed by atoms with E-state index < -0.39 is 5.97 Å². The fraction of sp³-hybridized carbons (Fsp3) is 0.429. The summed E-state index contributed by atoms with van der Waals surface area (Å²) in [6, 6.07) is 5.23. The first-order valence-electron chi connectivity index (χ1n) is 9.84. The van der Waals surface area contributed by atoms with Gasteiger partial charge in [-0.1, -0.05) is 19.4 Å². The van der Waals surface area contributed by atoms with Crippen LogP contribution in [0.25, 0.3) is 0 Å². The minimum absolute atomic E-state index is 0.173. The maximum Gasteiger partial charge on any atom is 0.344 e. The SMILES string of the molecule is CCCCc1c(C)nc(NN=Cc2cccc(OC)c2OCC(=O)OCC)[nH]c1=O. The van der Waals surface area contributed by atoms with Crippen LogP contribution in [0.3, 0.4) is 0 Å². The summed E-state index contributed by atoms with van der Waals surface area (Å²) in [6.45, 7) is 5.62. The molecule has 0 fully saturated rings. The van der Waals surface area contributed by atoms with Gasteiger partial charge in [0.15, 0.2) is 18.1 Å². The largest absolute Gasteiger partial charge is 0.493 e. The summed E-state index contributed by atoms with van der Waals surface area (Å²) < 4.78 is 15.8. The predicted molar refractivity (Wildman–Crippen MR) is 115 cm³/mol. The number of aryl methyl sites for hydroxylation is 1. The third kappa shape index (κ3) is 6.33. The molecule has 2 rings (SSSR count). The van der Waals surface area contributed by atoms with Crippen LogP contribution >= 0.6 is 0 Å². The molecule has 162 valence electrons. The quantitative estimate of drug-likeness (QED) is 0.329. The summed E-state index contributed by atoms with van der Waals surface area (Å²) >= 11 is 0. The molecule has 0 aliphatic heterocycles. The van der Waals surface area contributed by atoms with Crippen LogP contribution in [0.5, 0.6) is 11.5 Å². The third-order valence-corrected chi connectivity index (χ3v) is 4.25. The topological polar surface area (TPSA) is 115 Å². The number of carbonyl (C=O) groups excluding carboxylic acids is 1. The molecule has 0 radical (unpaired) electrons. The van der Waals surface area contributed by atoms with Gasteiger partial charge in [0, 0.05) is 16.8 Å². The van der Waals surface area contributed by atoms with Crippen molar-refractivity contribution in [3.63, 3.8) is 0 Å². The van der Waals surface area contributed by atoms with Gasteiger partial charge in [0.05, 0.1) is 19.9 Å². The number of ether oxygens (including phenoxy) is 3. The van der Waals surface area contributed by atoms with Gasteiger partial charge < -0.3 is 14.2 Å². The average Bonchev–Trinajstić information content (AvgIpc) is 2.72. The van der Waals surface area contributed by atoms with Crippen molar-refractivity contribution in [3.8, 4) is 11.5 Å². The molecule has 0 unspecified atom stereocenters. The van der Waals surface area contributed by atoms with Gasteiger partial charge >= 0.3 is 5.97 Å². The molecule has 0 amide bonds. The van der Waals surface area contributed by atoms with Gasteiger partial charge in [-0.2, -0.15) is 5.10 Å². The zero-order valence-corrected chi connectivity index (χ0v) is 17.8. The van der Waals surface area contributed by atoms with E-state index in [1.165, 1.54) is 13.3 Å². The van der Waals surface area contributed by atoms with E-state index in [4.69, 9.17) is 14.2 Å². The van der Waals surface area contributed by atoms with Gasteiger partial charge in [-0.05, 0) is 38.8 Å². The summed E-state index contributed by atoms with van der Waals surface area (Å²) in [4.78, 5) is 30.9. The molecule has 9 nitrogen and oxygen atoms in total. The Balaban J connectivity index is 2.16. The number of unbranched alkanes of at least 4 members (excludes halogenated alkanes) is 1. The normalized spacial score (nSPS) is 10.8. The summed E-state index contributed by atoms with van der Waals surface area (Å²) in [5, 5.41) is 4.13. The van der Waals surface area contributed by atoms with E-state index in [0.29, 0.717) is 34.7 Å². The zero-order chi connectivity index (χ0) is 21.9. The molecular formula is C21H28N4O5. The highest BCUT2D eigenvalue weighted by molar-refractivity contribution is 5.85. The minimum Gasteiger partial charge on any atom is -0.493 e. The Hall–Kier alpha value is -3.36. The van der Waals surface area contributed by atoms with E-state index in [1.807, 2.05) is 0 Å². The molecule has 0 saturated carbocycles. The first-order chi connectivity index (χ1) is 14.5. The van der Waals surface area contributed by atoms with Crippen LogP contribution in [0.4, 0.5) is 5.95 Å². The molecule has 30 heavy (non-hydrogen) atoms. The lowest BCUT2D eigenvalue weighted by Gasteiger charge is -2.12. The van der Waals surface area contributed by atoms with E-state index in [0.717, 1.165) is 12.8 Å². The number of hydrogen-bond acceptors (Lipinski definition) is 8. The summed E-state index contributed by atoms with van der Waals surface area (Å²) in [7, 11) is 1.50. The molecule has 1 aromatic heterocycles. The Morgan fingerprint density at radius 3 is 2.80 bits per heavy atom. The van der Waals surface area contributed by atoms with E-state index in [2.05, 4.69) is 27.4 Å². The molecule has 9 heteroatoms. The lowest BCUT2D eigenvalue weighted by Crippen LogP contribution is -2.18. The van der Waals surface area contributed by atoms with Gasteiger partial charge in [0.1, 0.15) is 0 Å². The number of hydrazone groups is 1. The van der Waals surface area contributed by atoms with Crippen LogP contribution in [0.1, 0.15) is 43.5 Å². The first-order valence-corrected chi connectivity index (χ1v) is 9.84. The van der Waals surface area contributed by atoms with Crippen molar-refractivity contribution in [1.82, 2.24) is 9.97 Å². The lowest BCUT2D eigenvalue weighted by atomic mass is 10.1. The van der Waals surface area contributed by atoms with Crippen molar-refractivity contribution in [2.45, 2.75) is 40.0 Å². The van der Waals surface area contributed by atoms with Crippen LogP contribution in [0, 0.1) is 6.92 Å². The Morgan fingerprint density at radius 2 is 2.13 bits per heavy atom. The molecule has 0 aliphatic rings. The fourth-order valence-electron chi connectivity index (χ4n) is 2.76. The highest BCUT2D eigenvalue weighted by Crippen LogP contribution is 2.30. The van der Waals surface area contributed by atoms with Crippen LogP contribution in [-0.4, -0.2) is 42.5 Å². The molecule has 1 heterocycles. The highest BCUT2D eigenvalue weighted by atomic mass is 16.6. The van der Waals surface area contributed by atoms with Gasteiger partial charge in [-0.15, -0.1) is 0 Å². The maximum atomic E-state index is 12.3. The number of esters is 1. The van der Waals surface area contributed by atoms with Crippen LogP contribution < -0.4 is 20.5 Å². The molecule has 0 atom stereocenters. The average molecular weight is 416 g/mol. The van der Waals surface area contributed by atoms with E-state index in [1.54, 1.807) is 32.0 Å². The number of nitrogens with one attached hydrogen (secondary N) is 2. The fourth-order valence-corrected chi connectivity index (χ4v) is 2.76. The molecule has 2 aromatic rings. The van der Waals surface area contributed by atoms with E-state index >= 15 is 0 Å². The standard InChI is InChI=1S/C21H28N4O5/c1-5-7-10-16-14(3)23-21(24-20(16)27)25-22-12-15-9-8-11-17(28-4)19(15)30-13-18(26)29-6-2/h8-9,11-12H,5-7,10,13H2,1-4H3,(H2,23,24,25,27). The number of H-pyrrole nitrogens is 1. The lowest BCUT2D eigenvalue weighted by molar-refractivity contribution is -0.145. The molecule has 0 saturated heterocycles. The predicted octanol–water partition coefficient (Wildman–Crippen LogP) is 2.82. The van der Waals surface area contributed by atoms with Gasteiger partial charge in [0.2, 0.25) is 5.95 Å².